The van der Waals surface area contributed by atoms with Gasteiger partial charge in [0, 0.05) is 19.1 Å². The zero-order valence-electron chi connectivity index (χ0n) is 12.6. The summed E-state index contributed by atoms with van der Waals surface area (Å²) in [7, 11) is -3.45. The number of hydrogen-bond donors (Lipinski definition) is 2. The molecule has 0 amide bonds. The number of benzene rings is 1. The molecule has 3 N–H and O–H groups in total. The van der Waals surface area contributed by atoms with Crippen molar-refractivity contribution >= 4 is 15.7 Å². The molecule has 118 valence electrons. The number of hydrogen-bond acceptors (Lipinski definition) is 4. The van der Waals surface area contributed by atoms with Crippen LogP contribution in [-0.4, -0.2) is 34.1 Å². The minimum Gasteiger partial charge on any atom is -0.367 e. The highest BCUT2D eigenvalue weighted by atomic mass is 32.2. The number of nitrogens with two attached hydrogens (primary N) is 1. The normalized spacial score (nSPS) is 15.7. The van der Waals surface area contributed by atoms with Crippen LogP contribution in [0.1, 0.15) is 32.6 Å². The van der Waals surface area contributed by atoms with Crippen molar-refractivity contribution < 1.29 is 8.42 Å². The molecule has 0 unspecified atom stereocenters. The molecule has 21 heavy (non-hydrogen) atoms. The second-order valence-corrected chi connectivity index (χ2v) is 7.12. The van der Waals surface area contributed by atoms with E-state index in [1.165, 1.54) is 6.42 Å². The highest BCUT2D eigenvalue weighted by Crippen LogP contribution is 2.33. The summed E-state index contributed by atoms with van der Waals surface area (Å²) < 4.78 is 27.4. The molecule has 0 spiro atoms. The van der Waals surface area contributed by atoms with E-state index in [0.29, 0.717) is 24.0 Å². The van der Waals surface area contributed by atoms with E-state index in [0.717, 1.165) is 31.5 Å². The van der Waals surface area contributed by atoms with E-state index in [2.05, 4.69) is 9.62 Å². The Morgan fingerprint density at radius 3 is 2.62 bits per heavy atom. The van der Waals surface area contributed by atoms with Gasteiger partial charge in [-0.1, -0.05) is 19.1 Å². The van der Waals surface area contributed by atoms with Crippen molar-refractivity contribution in [1.29, 1.82) is 0 Å². The highest BCUT2D eigenvalue weighted by Gasteiger charge is 2.28. The van der Waals surface area contributed by atoms with Gasteiger partial charge in [0.25, 0.3) is 0 Å². The van der Waals surface area contributed by atoms with Crippen molar-refractivity contribution in [2.24, 2.45) is 5.73 Å². The Hall–Kier alpha value is -1.11. The fraction of sp³-hybridized carbons (Fsp3) is 0.600. The first-order chi connectivity index (χ1) is 10.1. The summed E-state index contributed by atoms with van der Waals surface area (Å²) in [6, 6.07) is 7.69. The van der Waals surface area contributed by atoms with Crippen LogP contribution < -0.4 is 15.4 Å². The van der Waals surface area contributed by atoms with Gasteiger partial charge < -0.3 is 10.6 Å². The largest absolute Gasteiger partial charge is 0.367 e. The third-order valence-corrected chi connectivity index (χ3v) is 5.51. The van der Waals surface area contributed by atoms with E-state index in [-0.39, 0.29) is 0 Å². The molecule has 1 fully saturated rings. The molecule has 0 radical (unpaired) electrons. The fourth-order valence-corrected chi connectivity index (χ4v) is 3.90. The molecule has 2 rings (SSSR count). The zero-order chi connectivity index (χ0) is 15.3. The summed E-state index contributed by atoms with van der Waals surface area (Å²) in [6.45, 7) is 3.60. The molecule has 0 saturated heterocycles. The van der Waals surface area contributed by atoms with Gasteiger partial charge in [0.1, 0.15) is 4.90 Å². The van der Waals surface area contributed by atoms with Crippen LogP contribution in [0.15, 0.2) is 29.2 Å². The van der Waals surface area contributed by atoms with E-state index in [1.54, 1.807) is 19.1 Å². The molecule has 0 aromatic heterocycles. The number of nitrogens with one attached hydrogen (secondary N) is 1. The van der Waals surface area contributed by atoms with E-state index in [9.17, 15) is 8.42 Å². The predicted octanol–water partition coefficient (Wildman–Crippen LogP) is 1.69. The number of sulfonamides is 1. The van der Waals surface area contributed by atoms with Crippen LogP contribution in [0.2, 0.25) is 0 Å². The minimum atomic E-state index is -3.45. The monoisotopic (exact) mass is 311 g/mol. The maximum absolute atomic E-state index is 12.4. The lowest BCUT2D eigenvalue weighted by Crippen LogP contribution is -2.42. The van der Waals surface area contributed by atoms with Crippen LogP contribution in [0.5, 0.6) is 0 Å². The number of rotatable bonds is 8. The molecule has 0 atom stereocenters. The molecule has 1 aromatic rings. The highest BCUT2D eigenvalue weighted by molar-refractivity contribution is 7.89. The second-order valence-electron chi connectivity index (χ2n) is 5.39. The van der Waals surface area contributed by atoms with Crippen molar-refractivity contribution in [3.05, 3.63) is 24.3 Å². The van der Waals surface area contributed by atoms with Crippen LogP contribution in [-0.2, 0) is 10.0 Å². The van der Waals surface area contributed by atoms with Crippen molar-refractivity contribution in [3.8, 4) is 0 Å². The second kappa shape index (κ2) is 7.24. The Kier molecular flexibility index (Phi) is 5.61. The first kappa shape index (κ1) is 16.3. The molecule has 5 nitrogen and oxygen atoms in total. The third kappa shape index (κ3) is 3.75. The summed E-state index contributed by atoms with van der Waals surface area (Å²) in [5.74, 6) is 0. The average Bonchev–Trinajstić information content (AvgIpc) is 2.41. The van der Waals surface area contributed by atoms with Gasteiger partial charge in [0.05, 0.1) is 5.69 Å². The van der Waals surface area contributed by atoms with Gasteiger partial charge in [-0.25, -0.2) is 13.1 Å². The van der Waals surface area contributed by atoms with Crippen molar-refractivity contribution in [2.45, 2.75) is 43.5 Å². The molecule has 1 aliphatic carbocycles. The van der Waals surface area contributed by atoms with Gasteiger partial charge in [-0.15, -0.1) is 0 Å². The van der Waals surface area contributed by atoms with Gasteiger partial charge in [-0.3, -0.25) is 0 Å². The molecular formula is C15H25N3O2S. The van der Waals surface area contributed by atoms with Gasteiger partial charge in [0.15, 0.2) is 0 Å². The summed E-state index contributed by atoms with van der Waals surface area (Å²) in [6.07, 6.45) is 4.33. The van der Waals surface area contributed by atoms with Crippen LogP contribution in [0, 0.1) is 0 Å². The molecule has 0 aliphatic heterocycles. The average molecular weight is 311 g/mol. The third-order valence-electron chi connectivity index (χ3n) is 3.92. The van der Waals surface area contributed by atoms with Crippen molar-refractivity contribution in [3.63, 3.8) is 0 Å². The predicted molar refractivity (Wildman–Crippen MR) is 86.0 cm³/mol. The quantitative estimate of drug-likeness (QED) is 0.766. The van der Waals surface area contributed by atoms with Crippen molar-refractivity contribution in [2.75, 3.05) is 24.5 Å². The molecule has 1 saturated carbocycles. The SMILES string of the molecule is CCNS(=O)(=O)c1ccccc1N(CCCN)C1CCC1. The topological polar surface area (TPSA) is 75.4 Å². The molecular weight excluding hydrogens is 286 g/mol. The lowest BCUT2D eigenvalue weighted by molar-refractivity contribution is 0.383. The first-order valence-electron chi connectivity index (χ1n) is 7.65. The Morgan fingerprint density at radius 2 is 2.05 bits per heavy atom. The summed E-state index contributed by atoms with van der Waals surface area (Å²) in [5, 5.41) is 0. The maximum Gasteiger partial charge on any atom is 0.242 e. The van der Waals surface area contributed by atoms with Crippen LogP contribution in [0.25, 0.3) is 0 Å². The molecule has 1 aromatic carbocycles. The van der Waals surface area contributed by atoms with E-state index in [4.69, 9.17) is 5.73 Å². The minimum absolute atomic E-state index is 0.371. The van der Waals surface area contributed by atoms with Crippen LogP contribution in [0.3, 0.4) is 0 Å². The number of anilines is 1. The van der Waals surface area contributed by atoms with Gasteiger partial charge in [0.2, 0.25) is 10.0 Å². The first-order valence-corrected chi connectivity index (χ1v) is 9.14. The van der Waals surface area contributed by atoms with Gasteiger partial charge in [-0.05, 0) is 44.4 Å². The molecule has 1 aliphatic rings. The van der Waals surface area contributed by atoms with Crippen LogP contribution >= 0.6 is 0 Å². The van der Waals surface area contributed by atoms with Crippen LogP contribution in [0.4, 0.5) is 5.69 Å². The fourth-order valence-electron chi connectivity index (χ4n) is 2.65. The summed E-state index contributed by atoms with van der Waals surface area (Å²) in [5.41, 5.74) is 6.43. The Morgan fingerprint density at radius 1 is 1.33 bits per heavy atom. The van der Waals surface area contributed by atoms with E-state index < -0.39 is 10.0 Å². The Labute approximate surface area is 127 Å². The van der Waals surface area contributed by atoms with Gasteiger partial charge >= 0.3 is 0 Å². The Bertz CT molecular complexity index is 556. The summed E-state index contributed by atoms with van der Waals surface area (Å²) >= 11 is 0. The standard InChI is InChI=1S/C15H25N3O2S/c1-2-17-21(19,20)15-10-4-3-9-14(15)18(12-6-11-16)13-7-5-8-13/h3-4,9-10,13,17H,2,5-8,11-12,16H2,1H3. The van der Waals surface area contributed by atoms with E-state index >= 15 is 0 Å². The maximum atomic E-state index is 12.4. The number of para-hydroxylation sites is 1. The van der Waals surface area contributed by atoms with E-state index in [1.807, 2.05) is 12.1 Å². The van der Waals surface area contributed by atoms with Crippen molar-refractivity contribution in [1.82, 2.24) is 4.72 Å². The lowest BCUT2D eigenvalue weighted by Gasteiger charge is -2.40. The molecule has 6 heteroatoms. The zero-order valence-corrected chi connectivity index (χ0v) is 13.4. The van der Waals surface area contributed by atoms with Gasteiger partial charge in [-0.2, -0.15) is 0 Å². The smallest absolute Gasteiger partial charge is 0.242 e. The lowest BCUT2D eigenvalue weighted by atomic mass is 9.91. The summed E-state index contributed by atoms with van der Waals surface area (Å²) in [4.78, 5) is 2.59. The molecule has 0 bridgehead atoms. The number of nitrogens with zero attached hydrogens (tertiary/aromatic N) is 1. The Balaban J connectivity index is 2.35. The molecule has 0 heterocycles.